The molecule has 0 aliphatic heterocycles. The van der Waals surface area contributed by atoms with Crippen molar-refractivity contribution in [3.63, 3.8) is 0 Å². The van der Waals surface area contributed by atoms with Crippen LogP contribution in [0.4, 0.5) is 5.69 Å². The van der Waals surface area contributed by atoms with Gasteiger partial charge >= 0.3 is 5.97 Å². The van der Waals surface area contributed by atoms with E-state index in [2.05, 4.69) is 10.6 Å². The van der Waals surface area contributed by atoms with Crippen LogP contribution in [0.1, 0.15) is 27.6 Å². The van der Waals surface area contributed by atoms with Crippen LogP contribution in [0.5, 0.6) is 11.5 Å². The zero-order valence-electron chi connectivity index (χ0n) is 15.9. The number of methoxy groups -OCH3 is 2. The maximum atomic E-state index is 12.3. The molecule has 0 aliphatic rings. The molecule has 2 aromatic rings. The molecule has 148 valence electrons. The lowest BCUT2D eigenvalue weighted by atomic mass is 10.2. The smallest absolute Gasteiger partial charge is 0.338 e. The Labute approximate surface area is 162 Å². The van der Waals surface area contributed by atoms with Crippen molar-refractivity contribution in [3.8, 4) is 11.5 Å². The third-order valence-corrected chi connectivity index (χ3v) is 3.70. The van der Waals surface area contributed by atoms with E-state index in [1.54, 1.807) is 49.4 Å². The van der Waals surface area contributed by atoms with E-state index in [0.29, 0.717) is 28.3 Å². The Kier molecular flexibility index (Phi) is 7.38. The second kappa shape index (κ2) is 9.96. The highest BCUT2D eigenvalue weighted by atomic mass is 16.5. The average molecular weight is 386 g/mol. The molecule has 0 spiro atoms. The summed E-state index contributed by atoms with van der Waals surface area (Å²) < 4.78 is 15.1. The van der Waals surface area contributed by atoms with Crippen molar-refractivity contribution in [3.05, 3.63) is 53.6 Å². The van der Waals surface area contributed by atoms with E-state index in [9.17, 15) is 14.4 Å². The number of rotatable bonds is 8. The monoisotopic (exact) mass is 386 g/mol. The molecule has 0 bridgehead atoms. The van der Waals surface area contributed by atoms with Gasteiger partial charge in [-0.1, -0.05) is 0 Å². The first kappa shape index (κ1) is 20.8. The molecule has 2 aromatic carbocycles. The summed E-state index contributed by atoms with van der Waals surface area (Å²) in [4.78, 5) is 35.9. The zero-order valence-corrected chi connectivity index (χ0v) is 15.9. The Morgan fingerprint density at radius 3 is 2.04 bits per heavy atom. The lowest BCUT2D eigenvalue weighted by molar-refractivity contribution is -0.115. The molecular weight excluding hydrogens is 364 g/mol. The standard InChI is InChI=1S/C20H22N2O6/c1-4-28-20(25)13-5-7-15(8-6-13)22-18(23)12-21-19(24)14-9-16(26-2)11-17(10-14)27-3/h5-11H,4,12H2,1-3H3,(H,21,24)(H,22,23). The summed E-state index contributed by atoms with van der Waals surface area (Å²) in [5.74, 6) is -0.343. The highest BCUT2D eigenvalue weighted by Crippen LogP contribution is 2.22. The van der Waals surface area contributed by atoms with Gasteiger partial charge < -0.3 is 24.8 Å². The molecule has 0 saturated heterocycles. The maximum absolute atomic E-state index is 12.3. The van der Waals surface area contributed by atoms with Crippen LogP contribution in [0.25, 0.3) is 0 Å². The molecule has 8 heteroatoms. The first-order valence-corrected chi connectivity index (χ1v) is 8.55. The number of carbonyl (C=O) groups is 3. The fourth-order valence-electron chi connectivity index (χ4n) is 2.31. The summed E-state index contributed by atoms with van der Waals surface area (Å²) in [7, 11) is 2.97. The molecule has 0 fully saturated rings. The molecule has 2 amide bonds. The first-order chi connectivity index (χ1) is 13.5. The van der Waals surface area contributed by atoms with E-state index < -0.39 is 17.8 Å². The van der Waals surface area contributed by atoms with Crippen LogP contribution in [0, 0.1) is 0 Å². The van der Waals surface area contributed by atoms with Crippen LogP contribution >= 0.6 is 0 Å². The molecule has 0 saturated carbocycles. The van der Waals surface area contributed by atoms with Gasteiger partial charge in [-0.15, -0.1) is 0 Å². The lowest BCUT2D eigenvalue weighted by Gasteiger charge is -2.10. The number of benzene rings is 2. The van der Waals surface area contributed by atoms with Crippen LogP contribution in [0.2, 0.25) is 0 Å². The van der Waals surface area contributed by atoms with Crippen LogP contribution in [-0.4, -0.2) is 45.2 Å². The largest absolute Gasteiger partial charge is 0.497 e. The van der Waals surface area contributed by atoms with Gasteiger partial charge in [-0.3, -0.25) is 9.59 Å². The molecule has 0 atom stereocenters. The van der Waals surface area contributed by atoms with Gasteiger partial charge in [0, 0.05) is 17.3 Å². The van der Waals surface area contributed by atoms with E-state index in [0.717, 1.165) is 0 Å². The normalized spacial score (nSPS) is 9.96. The predicted octanol–water partition coefficient (Wildman–Crippen LogP) is 2.25. The molecule has 0 aromatic heterocycles. The molecule has 0 radical (unpaired) electrons. The fraction of sp³-hybridized carbons (Fsp3) is 0.250. The van der Waals surface area contributed by atoms with Crippen molar-refractivity contribution in [2.24, 2.45) is 0 Å². The topological polar surface area (TPSA) is 103 Å². The summed E-state index contributed by atoms with van der Waals surface area (Å²) in [5, 5.41) is 5.17. The minimum absolute atomic E-state index is 0.224. The van der Waals surface area contributed by atoms with E-state index >= 15 is 0 Å². The van der Waals surface area contributed by atoms with E-state index in [-0.39, 0.29) is 13.2 Å². The maximum Gasteiger partial charge on any atom is 0.338 e. The second-order valence-corrected chi connectivity index (χ2v) is 5.63. The number of nitrogens with one attached hydrogen (secondary N) is 2. The van der Waals surface area contributed by atoms with E-state index in [1.165, 1.54) is 14.2 Å². The van der Waals surface area contributed by atoms with Crippen LogP contribution in [0.15, 0.2) is 42.5 Å². The summed E-state index contributed by atoms with van der Waals surface area (Å²) >= 11 is 0. The first-order valence-electron chi connectivity index (χ1n) is 8.55. The van der Waals surface area contributed by atoms with Crippen molar-refractivity contribution in [1.29, 1.82) is 0 Å². The van der Waals surface area contributed by atoms with Gasteiger partial charge in [0.2, 0.25) is 5.91 Å². The Balaban J connectivity index is 1.91. The summed E-state index contributed by atoms with van der Waals surface area (Å²) in [5.41, 5.74) is 1.19. The minimum atomic E-state index is -0.440. The predicted molar refractivity (Wildman–Crippen MR) is 103 cm³/mol. The number of anilines is 1. The quantitative estimate of drug-likeness (QED) is 0.675. The molecule has 0 unspecified atom stereocenters. The van der Waals surface area contributed by atoms with Gasteiger partial charge in [-0.05, 0) is 43.3 Å². The SMILES string of the molecule is CCOC(=O)c1ccc(NC(=O)CNC(=O)c2cc(OC)cc(OC)c2)cc1. The van der Waals surface area contributed by atoms with Crippen molar-refractivity contribution in [2.75, 3.05) is 32.7 Å². The summed E-state index contributed by atoms with van der Waals surface area (Å²) in [6.07, 6.45) is 0. The third kappa shape index (κ3) is 5.73. The molecule has 0 aliphatic carbocycles. The van der Waals surface area contributed by atoms with Gasteiger partial charge in [0.1, 0.15) is 11.5 Å². The average Bonchev–Trinajstić information content (AvgIpc) is 2.72. The van der Waals surface area contributed by atoms with Crippen LogP contribution < -0.4 is 20.1 Å². The number of ether oxygens (including phenoxy) is 3. The number of hydrogen-bond acceptors (Lipinski definition) is 6. The molecule has 2 N–H and O–H groups in total. The fourth-order valence-corrected chi connectivity index (χ4v) is 2.31. The molecular formula is C20H22N2O6. The highest BCUT2D eigenvalue weighted by molar-refractivity contribution is 6.00. The number of hydrogen-bond donors (Lipinski definition) is 2. The third-order valence-electron chi connectivity index (χ3n) is 3.70. The van der Waals surface area contributed by atoms with E-state index in [4.69, 9.17) is 14.2 Å². The molecule has 8 nitrogen and oxygen atoms in total. The lowest BCUT2D eigenvalue weighted by Crippen LogP contribution is -2.32. The van der Waals surface area contributed by atoms with Gasteiger partial charge in [-0.2, -0.15) is 0 Å². The summed E-state index contributed by atoms with van der Waals surface area (Å²) in [6.45, 7) is 1.79. The Hall–Kier alpha value is -3.55. The van der Waals surface area contributed by atoms with Crippen molar-refractivity contribution >= 4 is 23.5 Å². The van der Waals surface area contributed by atoms with Gasteiger partial charge in [0.15, 0.2) is 0 Å². The van der Waals surface area contributed by atoms with E-state index in [1.807, 2.05) is 0 Å². The number of amides is 2. The molecule has 0 heterocycles. The second-order valence-electron chi connectivity index (χ2n) is 5.63. The van der Waals surface area contributed by atoms with Gasteiger partial charge in [0.25, 0.3) is 5.91 Å². The highest BCUT2D eigenvalue weighted by Gasteiger charge is 2.12. The Morgan fingerprint density at radius 1 is 0.893 bits per heavy atom. The number of carbonyl (C=O) groups excluding carboxylic acids is 3. The van der Waals surface area contributed by atoms with Crippen molar-refractivity contribution in [1.82, 2.24) is 5.32 Å². The van der Waals surface area contributed by atoms with Crippen molar-refractivity contribution in [2.45, 2.75) is 6.92 Å². The zero-order chi connectivity index (χ0) is 20.5. The van der Waals surface area contributed by atoms with Crippen LogP contribution in [0.3, 0.4) is 0 Å². The minimum Gasteiger partial charge on any atom is -0.497 e. The Bertz CT molecular complexity index is 826. The number of esters is 1. The summed E-state index contributed by atoms with van der Waals surface area (Å²) in [6, 6.07) is 11.0. The van der Waals surface area contributed by atoms with Crippen molar-refractivity contribution < 1.29 is 28.6 Å². The van der Waals surface area contributed by atoms with Crippen LogP contribution in [-0.2, 0) is 9.53 Å². The molecule has 28 heavy (non-hydrogen) atoms. The van der Waals surface area contributed by atoms with Gasteiger partial charge in [0.05, 0.1) is 32.9 Å². The molecule has 2 rings (SSSR count). The van der Waals surface area contributed by atoms with Gasteiger partial charge in [-0.25, -0.2) is 4.79 Å². The Morgan fingerprint density at radius 2 is 1.50 bits per heavy atom.